The maximum absolute atomic E-state index is 9.77. The maximum atomic E-state index is 9.77. The molecule has 0 aliphatic heterocycles. The zero-order valence-corrected chi connectivity index (χ0v) is 13.3. The van der Waals surface area contributed by atoms with Crippen LogP contribution in [-0.4, -0.2) is 30.4 Å². The lowest BCUT2D eigenvalue weighted by atomic mass is 10.2. The fourth-order valence-corrected chi connectivity index (χ4v) is 2.10. The highest BCUT2D eigenvalue weighted by Crippen LogP contribution is 2.23. The van der Waals surface area contributed by atoms with Crippen LogP contribution in [0.1, 0.15) is 5.56 Å². The lowest BCUT2D eigenvalue weighted by Gasteiger charge is -2.09. The fraction of sp³-hybridized carbons (Fsp3) is 0.267. The number of hydrogen-bond donors (Lipinski definition) is 2. The predicted octanol–water partition coefficient (Wildman–Crippen LogP) is 3.19. The molecule has 1 heterocycles. The highest BCUT2D eigenvalue weighted by atomic mass is 79.9. The Kier molecular flexibility index (Phi) is 5.83. The van der Waals surface area contributed by atoms with Crippen molar-refractivity contribution in [3.8, 4) is 11.6 Å². The lowest BCUT2D eigenvalue weighted by Crippen LogP contribution is -2.05. The van der Waals surface area contributed by atoms with Crippen LogP contribution < -0.4 is 10.1 Å². The number of phenols is 1. The van der Waals surface area contributed by atoms with Gasteiger partial charge >= 0.3 is 0 Å². The smallest absolute Gasteiger partial charge is 0.213 e. The van der Waals surface area contributed by atoms with E-state index in [1.54, 1.807) is 31.5 Å². The number of rotatable bonds is 7. The summed E-state index contributed by atoms with van der Waals surface area (Å²) in [5, 5.41) is 13.0. The predicted molar refractivity (Wildman–Crippen MR) is 84.7 cm³/mol. The van der Waals surface area contributed by atoms with Crippen LogP contribution in [0, 0.1) is 0 Å². The highest BCUT2D eigenvalue weighted by Gasteiger charge is 2.02. The molecule has 0 saturated heterocycles. The van der Waals surface area contributed by atoms with E-state index in [1.807, 2.05) is 12.1 Å². The van der Waals surface area contributed by atoms with Gasteiger partial charge in [-0.15, -0.1) is 0 Å². The molecule has 0 fully saturated rings. The molecule has 0 radical (unpaired) electrons. The standard InChI is InChI=1S/C15H17BrN2O3/c1-20-6-7-21-15-5-3-13(10-18-15)17-9-11-8-12(16)2-4-14(11)19/h2-5,8,10,17,19H,6-7,9H2,1H3. The third-order valence-electron chi connectivity index (χ3n) is 2.80. The fourth-order valence-electron chi connectivity index (χ4n) is 1.69. The molecule has 2 aromatic rings. The number of benzene rings is 1. The van der Waals surface area contributed by atoms with Gasteiger partial charge < -0.3 is 19.9 Å². The van der Waals surface area contributed by atoms with Crippen LogP contribution in [0.25, 0.3) is 0 Å². The van der Waals surface area contributed by atoms with Gasteiger partial charge in [0.25, 0.3) is 0 Å². The van der Waals surface area contributed by atoms with Crippen molar-refractivity contribution < 1.29 is 14.6 Å². The molecular formula is C15H17BrN2O3. The van der Waals surface area contributed by atoms with Crippen molar-refractivity contribution in [3.63, 3.8) is 0 Å². The molecule has 112 valence electrons. The van der Waals surface area contributed by atoms with Gasteiger partial charge in [-0.1, -0.05) is 15.9 Å². The van der Waals surface area contributed by atoms with Crippen molar-refractivity contribution in [2.75, 3.05) is 25.6 Å². The van der Waals surface area contributed by atoms with Gasteiger partial charge in [0.05, 0.1) is 18.5 Å². The summed E-state index contributed by atoms with van der Waals surface area (Å²) in [6, 6.07) is 9.00. The number of nitrogens with one attached hydrogen (secondary N) is 1. The van der Waals surface area contributed by atoms with Crippen LogP contribution >= 0.6 is 15.9 Å². The Morgan fingerprint density at radius 3 is 2.81 bits per heavy atom. The number of methoxy groups -OCH3 is 1. The summed E-state index contributed by atoms with van der Waals surface area (Å²) in [5.74, 6) is 0.820. The first-order valence-electron chi connectivity index (χ1n) is 6.48. The average Bonchev–Trinajstić information content (AvgIpc) is 2.50. The van der Waals surface area contributed by atoms with Crippen LogP contribution in [0.4, 0.5) is 5.69 Å². The van der Waals surface area contributed by atoms with E-state index < -0.39 is 0 Å². The number of phenolic OH excluding ortho intramolecular Hbond substituents is 1. The molecule has 21 heavy (non-hydrogen) atoms. The molecule has 5 nitrogen and oxygen atoms in total. The number of aromatic nitrogens is 1. The molecule has 0 spiro atoms. The molecule has 1 aromatic heterocycles. The van der Waals surface area contributed by atoms with E-state index in [2.05, 4.69) is 26.2 Å². The van der Waals surface area contributed by atoms with Gasteiger partial charge in [0.1, 0.15) is 12.4 Å². The molecule has 0 aliphatic carbocycles. The Hall–Kier alpha value is -1.79. The first-order valence-corrected chi connectivity index (χ1v) is 7.27. The van der Waals surface area contributed by atoms with Gasteiger partial charge in [0, 0.05) is 29.8 Å². The molecule has 0 aliphatic rings. The van der Waals surface area contributed by atoms with Crippen molar-refractivity contribution in [2.24, 2.45) is 0 Å². The third kappa shape index (κ3) is 4.91. The number of hydrogen-bond acceptors (Lipinski definition) is 5. The maximum Gasteiger partial charge on any atom is 0.213 e. The molecule has 0 amide bonds. The Balaban J connectivity index is 1.90. The molecule has 0 saturated carbocycles. The van der Waals surface area contributed by atoms with Gasteiger partial charge in [0.2, 0.25) is 5.88 Å². The summed E-state index contributed by atoms with van der Waals surface area (Å²) in [4.78, 5) is 4.19. The number of nitrogens with zero attached hydrogens (tertiary/aromatic N) is 1. The van der Waals surface area contributed by atoms with Crippen molar-refractivity contribution in [1.29, 1.82) is 0 Å². The first kappa shape index (κ1) is 15.6. The van der Waals surface area contributed by atoms with E-state index in [1.165, 1.54) is 0 Å². The molecule has 0 atom stereocenters. The molecule has 0 bridgehead atoms. The first-order chi connectivity index (χ1) is 10.2. The van der Waals surface area contributed by atoms with Gasteiger partial charge in [-0.25, -0.2) is 4.98 Å². The van der Waals surface area contributed by atoms with E-state index in [9.17, 15) is 5.11 Å². The third-order valence-corrected chi connectivity index (χ3v) is 3.29. The quantitative estimate of drug-likeness (QED) is 0.749. The SMILES string of the molecule is COCCOc1ccc(NCc2cc(Br)ccc2O)cn1. The number of ether oxygens (including phenoxy) is 2. The van der Waals surface area contributed by atoms with E-state index >= 15 is 0 Å². The summed E-state index contributed by atoms with van der Waals surface area (Å²) >= 11 is 3.38. The highest BCUT2D eigenvalue weighted by molar-refractivity contribution is 9.10. The minimum atomic E-state index is 0.262. The number of halogens is 1. The summed E-state index contributed by atoms with van der Waals surface area (Å²) < 4.78 is 11.2. The molecule has 2 N–H and O–H groups in total. The van der Waals surface area contributed by atoms with Crippen LogP contribution in [-0.2, 0) is 11.3 Å². The second-order valence-electron chi connectivity index (χ2n) is 4.35. The van der Waals surface area contributed by atoms with Gasteiger partial charge in [-0.2, -0.15) is 0 Å². The van der Waals surface area contributed by atoms with Crippen molar-refractivity contribution >= 4 is 21.6 Å². The summed E-state index contributed by atoms with van der Waals surface area (Å²) in [5.41, 5.74) is 1.67. The second kappa shape index (κ2) is 7.85. The number of anilines is 1. The second-order valence-corrected chi connectivity index (χ2v) is 5.27. The van der Waals surface area contributed by atoms with Gasteiger partial charge in [-0.05, 0) is 24.3 Å². The summed E-state index contributed by atoms with van der Waals surface area (Å²) in [6.07, 6.45) is 1.69. The van der Waals surface area contributed by atoms with Crippen LogP contribution in [0.15, 0.2) is 41.0 Å². The number of pyridine rings is 1. The zero-order valence-electron chi connectivity index (χ0n) is 11.7. The summed E-state index contributed by atoms with van der Waals surface area (Å²) in [6.45, 7) is 1.52. The van der Waals surface area contributed by atoms with Crippen molar-refractivity contribution in [2.45, 2.75) is 6.54 Å². The molecule has 1 aromatic carbocycles. The minimum Gasteiger partial charge on any atom is -0.508 e. The van der Waals surface area contributed by atoms with E-state index in [-0.39, 0.29) is 5.75 Å². The monoisotopic (exact) mass is 352 g/mol. The normalized spacial score (nSPS) is 10.4. The number of aromatic hydroxyl groups is 1. The lowest BCUT2D eigenvalue weighted by molar-refractivity contribution is 0.144. The van der Waals surface area contributed by atoms with Gasteiger partial charge in [0.15, 0.2) is 0 Å². The Labute approximate surface area is 132 Å². The Morgan fingerprint density at radius 1 is 1.24 bits per heavy atom. The van der Waals surface area contributed by atoms with Gasteiger partial charge in [-0.3, -0.25) is 0 Å². The zero-order chi connectivity index (χ0) is 15.1. The molecule has 0 unspecified atom stereocenters. The van der Waals surface area contributed by atoms with Crippen LogP contribution in [0.5, 0.6) is 11.6 Å². The Bertz CT molecular complexity index is 576. The minimum absolute atomic E-state index is 0.262. The van der Waals surface area contributed by atoms with Crippen LogP contribution in [0.3, 0.4) is 0 Å². The Morgan fingerprint density at radius 2 is 2.10 bits per heavy atom. The average molecular weight is 353 g/mol. The van der Waals surface area contributed by atoms with E-state index in [4.69, 9.17) is 9.47 Å². The van der Waals surface area contributed by atoms with E-state index in [0.717, 1.165) is 15.7 Å². The largest absolute Gasteiger partial charge is 0.508 e. The molecule has 2 rings (SSSR count). The topological polar surface area (TPSA) is 63.6 Å². The molecular weight excluding hydrogens is 336 g/mol. The van der Waals surface area contributed by atoms with Crippen LogP contribution in [0.2, 0.25) is 0 Å². The molecule has 6 heteroatoms. The summed E-state index contributed by atoms with van der Waals surface area (Å²) in [7, 11) is 1.63. The van der Waals surface area contributed by atoms with Crippen molar-refractivity contribution in [3.05, 3.63) is 46.6 Å². The van der Waals surface area contributed by atoms with E-state index in [0.29, 0.717) is 25.6 Å². The van der Waals surface area contributed by atoms with Crippen molar-refractivity contribution in [1.82, 2.24) is 4.98 Å².